The number of pyridine rings is 2. The molecule has 2 aromatic heterocycles. The van der Waals surface area contributed by atoms with Gasteiger partial charge in [0.25, 0.3) is 11.5 Å². The van der Waals surface area contributed by atoms with Crippen molar-refractivity contribution < 1.29 is 19.8 Å². The van der Waals surface area contributed by atoms with E-state index in [1.54, 1.807) is 13.0 Å². The van der Waals surface area contributed by atoms with Crippen molar-refractivity contribution in [2.75, 3.05) is 6.54 Å². The molecule has 8 nitrogen and oxygen atoms in total. The first-order valence-corrected chi connectivity index (χ1v) is 6.01. The van der Waals surface area contributed by atoms with Gasteiger partial charge in [-0.25, -0.2) is 4.98 Å². The largest absolute Gasteiger partial charge is 0.506 e. The fourth-order valence-electron chi connectivity index (χ4n) is 1.95. The summed E-state index contributed by atoms with van der Waals surface area (Å²) in [5.74, 6) is -2.70. The molecule has 21 heavy (non-hydrogen) atoms. The van der Waals surface area contributed by atoms with E-state index in [1.165, 1.54) is 13.2 Å². The third kappa shape index (κ3) is 2.55. The summed E-state index contributed by atoms with van der Waals surface area (Å²) in [6.07, 6.45) is 1.53. The highest BCUT2D eigenvalue weighted by Gasteiger charge is 2.22. The number of aromatic hydroxyl groups is 1. The van der Waals surface area contributed by atoms with Gasteiger partial charge < -0.3 is 15.5 Å². The molecule has 0 spiro atoms. The lowest BCUT2D eigenvalue weighted by Crippen LogP contribution is -2.35. The molecular weight excluding hydrogens is 278 g/mol. The summed E-state index contributed by atoms with van der Waals surface area (Å²) in [4.78, 5) is 38.5. The average molecular weight is 291 g/mol. The molecule has 0 unspecified atom stereocenters. The van der Waals surface area contributed by atoms with Gasteiger partial charge in [-0.3, -0.25) is 19.0 Å². The summed E-state index contributed by atoms with van der Waals surface area (Å²) < 4.78 is 1.13. The van der Waals surface area contributed by atoms with E-state index in [4.69, 9.17) is 5.11 Å². The van der Waals surface area contributed by atoms with Crippen LogP contribution in [0.2, 0.25) is 0 Å². The number of carboxylic acids is 1. The van der Waals surface area contributed by atoms with Gasteiger partial charge in [0, 0.05) is 13.2 Å². The molecular formula is C13H13N3O5. The first-order valence-electron chi connectivity index (χ1n) is 6.01. The normalized spacial score (nSPS) is 10.6. The number of hydrogen-bond donors (Lipinski definition) is 3. The summed E-state index contributed by atoms with van der Waals surface area (Å²) in [6, 6.07) is 1.59. The van der Waals surface area contributed by atoms with E-state index < -0.39 is 35.3 Å². The van der Waals surface area contributed by atoms with E-state index in [-0.39, 0.29) is 11.0 Å². The highest BCUT2D eigenvalue weighted by atomic mass is 16.4. The second-order valence-electron chi connectivity index (χ2n) is 4.55. The van der Waals surface area contributed by atoms with Crippen LogP contribution < -0.4 is 10.9 Å². The van der Waals surface area contributed by atoms with Crippen LogP contribution in [0.1, 0.15) is 15.9 Å². The molecule has 0 aliphatic carbocycles. The third-order valence-corrected chi connectivity index (χ3v) is 2.96. The van der Waals surface area contributed by atoms with Crippen molar-refractivity contribution in [3.05, 3.63) is 33.7 Å². The van der Waals surface area contributed by atoms with E-state index in [0.717, 1.165) is 10.1 Å². The Morgan fingerprint density at radius 2 is 2.10 bits per heavy atom. The molecule has 2 aromatic rings. The van der Waals surface area contributed by atoms with Crippen LogP contribution in [0.5, 0.6) is 5.75 Å². The zero-order valence-electron chi connectivity index (χ0n) is 11.4. The lowest BCUT2D eigenvalue weighted by molar-refractivity contribution is -0.135. The quantitative estimate of drug-likeness (QED) is 0.717. The van der Waals surface area contributed by atoms with Crippen LogP contribution in [-0.2, 0) is 11.8 Å². The average Bonchev–Trinajstić information content (AvgIpc) is 2.43. The number of rotatable bonds is 3. The molecule has 0 fully saturated rings. The fourth-order valence-corrected chi connectivity index (χ4v) is 1.95. The highest BCUT2D eigenvalue weighted by molar-refractivity contribution is 6.02. The minimum Gasteiger partial charge on any atom is -0.506 e. The number of nitrogens with one attached hydrogen (secondary N) is 1. The van der Waals surface area contributed by atoms with E-state index in [9.17, 15) is 19.5 Å². The topological polar surface area (TPSA) is 122 Å². The molecule has 3 N–H and O–H groups in total. The number of aromatic nitrogens is 2. The Morgan fingerprint density at radius 1 is 1.43 bits per heavy atom. The molecule has 1 amide bonds. The lowest BCUT2D eigenvalue weighted by Gasteiger charge is -2.11. The molecule has 2 heterocycles. The molecule has 0 aliphatic rings. The Hall–Kier alpha value is -2.90. The van der Waals surface area contributed by atoms with Crippen molar-refractivity contribution in [1.29, 1.82) is 0 Å². The van der Waals surface area contributed by atoms with Crippen molar-refractivity contribution >= 4 is 22.9 Å². The van der Waals surface area contributed by atoms with Gasteiger partial charge in [0.15, 0.2) is 0 Å². The van der Waals surface area contributed by atoms with Gasteiger partial charge in [0.2, 0.25) is 0 Å². The van der Waals surface area contributed by atoms with Gasteiger partial charge in [0.1, 0.15) is 23.5 Å². The standard InChI is InChI=1S/C13H13N3O5/c1-6-3-7-10(19)9(12(20)15-5-8(17)18)13(21)16(2)11(7)14-4-6/h3-4,19H,5H2,1-2H3,(H,15,20)(H,17,18). The van der Waals surface area contributed by atoms with Crippen LogP contribution in [0, 0.1) is 6.92 Å². The minimum absolute atomic E-state index is 0.234. The Kier molecular flexibility index (Phi) is 3.62. The molecule has 0 bridgehead atoms. The molecule has 0 atom stereocenters. The number of fused-ring (bicyclic) bond motifs is 1. The molecule has 0 aliphatic heterocycles. The van der Waals surface area contributed by atoms with Crippen LogP contribution >= 0.6 is 0 Å². The van der Waals surface area contributed by atoms with Crippen LogP contribution in [0.3, 0.4) is 0 Å². The van der Waals surface area contributed by atoms with Crippen molar-refractivity contribution in [3.63, 3.8) is 0 Å². The summed E-state index contributed by atoms with van der Waals surface area (Å²) in [7, 11) is 1.42. The van der Waals surface area contributed by atoms with Crippen LogP contribution in [0.15, 0.2) is 17.1 Å². The Morgan fingerprint density at radius 3 is 2.71 bits per heavy atom. The number of aliphatic carboxylic acids is 1. The number of carbonyl (C=O) groups is 2. The summed E-state index contributed by atoms with van der Waals surface area (Å²) >= 11 is 0. The molecule has 0 saturated heterocycles. The predicted molar refractivity (Wildman–Crippen MR) is 73.4 cm³/mol. The first-order chi connectivity index (χ1) is 9.82. The fraction of sp³-hybridized carbons (Fsp3) is 0.231. The van der Waals surface area contributed by atoms with Crippen molar-refractivity contribution in [3.8, 4) is 5.75 Å². The Labute approximate surface area is 118 Å². The van der Waals surface area contributed by atoms with Gasteiger partial charge in [-0.1, -0.05) is 0 Å². The van der Waals surface area contributed by atoms with Gasteiger partial charge in [-0.2, -0.15) is 0 Å². The number of carbonyl (C=O) groups excluding carboxylic acids is 1. The summed E-state index contributed by atoms with van der Waals surface area (Å²) in [6.45, 7) is 1.10. The second kappa shape index (κ2) is 5.23. The molecule has 8 heteroatoms. The molecule has 0 saturated carbocycles. The zero-order valence-corrected chi connectivity index (χ0v) is 11.4. The SMILES string of the molecule is Cc1cnc2c(c1)c(O)c(C(=O)NCC(=O)O)c(=O)n2C. The Bertz CT molecular complexity index is 810. The zero-order chi connectivity index (χ0) is 15.7. The van der Waals surface area contributed by atoms with Crippen molar-refractivity contribution in [2.24, 2.45) is 7.05 Å². The Balaban J connectivity index is 2.66. The monoisotopic (exact) mass is 291 g/mol. The van der Waals surface area contributed by atoms with E-state index >= 15 is 0 Å². The summed E-state index contributed by atoms with van der Waals surface area (Å²) in [5.41, 5.74) is -0.274. The van der Waals surface area contributed by atoms with Crippen LogP contribution in [0.4, 0.5) is 0 Å². The number of carboxylic acid groups (broad SMARTS) is 1. The molecule has 0 radical (unpaired) electrons. The van der Waals surface area contributed by atoms with E-state index in [2.05, 4.69) is 10.3 Å². The maximum Gasteiger partial charge on any atom is 0.322 e. The lowest BCUT2D eigenvalue weighted by atomic mass is 10.1. The molecule has 0 aromatic carbocycles. The van der Waals surface area contributed by atoms with E-state index in [1.807, 2.05) is 0 Å². The number of aryl methyl sites for hydroxylation is 2. The number of amides is 1. The van der Waals surface area contributed by atoms with Crippen molar-refractivity contribution in [1.82, 2.24) is 14.9 Å². The molecule has 2 rings (SSSR count). The van der Waals surface area contributed by atoms with Gasteiger partial charge in [-0.05, 0) is 18.6 Å². The van der Waals surface area contributed by atoms with Crippen LogP contribution in [-0.4, -0.2) is 38.2 Å². The minimum atomic E-state index is -1.25. The van der Waals surface area contributed by atoms with Gasteiger partial charge >= 0.3 is 5.97 Å². The number of hydrogen-bond acceptors (Lipinski definition) is 5. The number of nitrogens with zero attached hydrogens (tertiary/aromatic N) is 2. The maximum absolute atomic E-state index is 12.1. The van der Waals surface area contributed by atoms with Crippen LogP contribution in [0.25, 0.3) is 11.0 Å². The summed E-state index contributed by atoms with van der Waals surface area (Å²) in [5, 5.41) is 21.0. The smallest absolute Gasteiger partial charge is 0.322 e. The predicted octanol–water partition coefficient (Wildman–Crippen LogP) is -0.238. The highest BCUT2D eigenvalue weighted by Crippen LogP contribution is 2.25. The van der Waals surface area contributed by atoms with Gasteiger partial charge in [0.05, 0.1) is 5.39 Å². The second-order valence-corrected chi connectivity index (χ2v) is 4.55. The maximum atomic E-state index is 12.1. The van der Waals surface area contributed by atoms with Crippen molar-refractivity contribution in [2.45, 2.75) is 6.92 Å². The third-order valence-electron chi connectivity index (χ3n) is 2.96. The van der Waals surface area contributed by atoms with Gasteiger partial charge in [-0.15, -0.1) is 0 Å². The molecule has 110 valence electrons. The van der Waals surface area contributed by atoms with E-state index in [0.29, 0.717) is 0 Å². The first kappa shape index (κ1) is 14.5.